The van der Waals surface area contributed by atoms with E-state index in [1.165, 1.54) is 24.3 Å². The van der Waals surface area contributed by atoms with Crippen molar-refractivity contribution in [3.8, 4) is 0 Å². The average Bonchev–Trinajstić information content (AvgIpc) is 2.60. The van der Waals surface area contributed by atoms with Gasteiger partial charge in [0.05, 0.1) is 10.6 Å². The Kier molecular flexibility index (Phi) is 7.06. The van der Waals surface area contributed by atoms with Gasteiger partial charge in [-0.05, 0) is 48.7 Å². The van der Waals surface area contributed by atoms with Gasteiger partial charge in [-0.1, -0.05) is 43.6 Å². The number of benzene rings is 2. The Balaban J connectivity index is 2.27. The van der Waals surface area contributed by atoms with Crippen LogP contribution in [0.5, 0.6) is 0 Å². The monoisotopic (exact) mass is 394 g/mol. The van der Waals surface area contributed by atoms with E-state index in [2.05, 4.69) is 19.2 Å². The number of halogens is 1. The molecule has 0 aliphatic heterocycles. The van der Waals surface area contributed by atoms with Crippen LogP contribution in [0.1, 0.15) is 20.3 Å². The van der Waals surface area contributed by atoms with Crippen LogP contribution < -0.4 is 9.62 Å². The molecule has 0 spiro atoms. The van der Waals surface area contributed by atoms with Gasteiger partial charge in [0.2, 0.25) is 5.91 Å². The molecular weight excluding hydrogens is 372 g/mol. The highest BCUT2D eigenvalue weighted by atomic mass is 35.5. The maximum absolute atomic E-state index is 13.1. The minimum Gasteiger partial charge on any atom is -0.355 e. The standard InChI is InChI=1S/C19H23ClN2O3S/c1-15(2)12-13-21-19(23)14-22(17-6-4-3-5-7-17)26(24,25)18-10-8-16(20)9-11-18/h3-11,15H,12-14H2,1-2H3,(H,21,23). The SMILES string of the molecule is CC(C)CCNC(=O)CN(c1ccccc1)S(=O)(=O)c1ccc(Cl)cc1. The number of hydrogen-bond acceptors (Lipinski definition) is 3. The molecule has 0 heterocycles. The zero-order chi connectivity index (χ0) is 19.2. The molecular formula is C19H23ClN2O3S. The lowest BCUT2D eigenvalue weighted by atomic mass is 10.1. The number of amides is 1. The molecule has 0 saturated carbocycles. The Morgan fingerprint density at radius 1 is 1.08 bits per heavy atom. The topological polar surface area (TPSA) is 66.5 Å². The molecule has 2 rings (SSSR count). The third kappa shape index (κ3) is 5.47. The fourth-order valence-corrected chi connectivity index (χ4v) is 3.88. The zero-order valence-electron chi connectivity index (χ0n) is 14.9. The summed E-state index contributed by atoms with van der Waals surface area (Å²) in [6.07, 6.45) is 0.834. The van der Waals surface area contributed by atoms with Gasteiger partial charge in [0.15, 0.2) is 0 Å². The lowest BCUT2D eigenvalue weighted by Crippen LogP contribution is -2.41. The van der Waals surface area contributed by atoms with Crippen molar-refractivity contribution in [2.75, 3.05) is 17.4 Å². The van der Waals surface area contributed by atoms with Crippen LogP contribution in [0, 0.1) is 5.92 Å². The number of para-hydroxylation sites is 1. The molecule has 1 amide bonds. The highest BCUT2D eigenvalue weighted by Gasteiger charge is 2.27. The molecule has 5 nitrogen and oxygen atoms in total. The predicted molar refractivity (Wildman–Crippen MR) is 105 cm³/mol. The van der Waals surface area contributed by atoms with E-state index in [0.717, 1.165) is 10.7 Å². The van der Waals surface area contributed by atoms with E-state index in [9.17, 15) is 13.2 Å². The van der Waals surface area contributed by atoms with E-state index < -0.39 is 10.0 Å². The van der Waals surface area contributed by atoms with Gasteiger partial charge in [-0.3, -0.25) is 9.10 Å². The number of nitrogens with zero attached hydrogens (tertiary/aromatic N) is 1. The largest absolute Gasteiger partial charge is 0.355 e. The van der Waals surface area contributed by atoms with Crippen LogP contribution in [0.4, 0.5) is 5.69 Å². The second kappa shape index (κ2) is 9.05. The van der Waals surface area contributed by atoms with Crippen molar-refractivity contribution in [1.82, 2.24) is 5.32 Å². The molecule has 0 saturated heterocycles. The first-order valence-corrected chi connectivity index (χ1v) is 10.2. The summed E-state index contributed by atoms with van der Waals surface area (Å²) in [4.78, 5) is 12.4. The molecule has 0 aliphatic rings. The molecule has 0 aromatic heterocycles. The molecule has 2 aromatic rings. The predicted octanol–water partition coefficient (Wildman–Crippen LogP) is 3.70. The van der Waals surface area contributed by atoms with Crippen LogP contribution in [0.25, 0.3) is 0 Å². The van der Waals surface area contributed by atoms with E-state index in [-0.39, 0.29) is 17.3 Å². The van der Waals surface area contributed by atoms with Crippen molar-refractivity contribution in [3.05, 3.63) is 59.6 Å². The first-order chi connectivity index (χ1) is 12.3. The van der Waals surface area contributed by atoms with E-state index in [0.29, 0.717) is 23.2 Å². The third-order valence-electron chi connectivity index (χ3n) is 3.78. The van der Waals surface area contributed by atoms with E-state index >= 15 is 0 Å². The summed E-state index contributed by atoms with van der Waals surface area (Å²) >= 11 is 5.85. The summed E-state index contributed by atoms with van der Waals surface area (Å²) in [5.41, 5.74) is 0.432. The van der Waals surface area contributed by atoms with Crippen LogP contribution >= 0.6 is 11.6 Å². The Labute approximate surface area is 160 Å². The van der Waals surface area contributed by atoms with Gasteiger partial charge < -0.3 is 5.32 Å². The lowest BCUT2D eigenvalue weighted by Gasteiger charge is -2.24. The number of rotatable bonds is 8. The Morgan fingerprint density at radius 2 is 1.69 bits per heavy atom. The molecule has 7 heteroatoms. The van der Waals surface area contributed by atoms with Gasteiger partial charge in [-0.25, -0.2) is 8.42 Å². The van der Waals surface area contributed by atoms with Gasteiger partial charge in [0, 0.05) is 11.6 Å². The minimum atomic E-state index is -3.89. The number of hydrogen-bond donors (Lipinski definition) is 1. The molecule has 0 fully saturated rings. The molecule has 0 bridgehead atoms. The number of nitrogens with one attached hydrogen (secondary N) is 1. The zero-order valence-corrected chi connectivity index (χ0v) is 16.4. The van der Waals surface area contributed by atoms with Crippen molar-refractivity contribution in [2.24, 2.45) is 5.92 Å². The van der Waals surface area contributed by atoms with Gasteiger partial charge in [0.1, 0.15) is 6.54 Å². The van der Waals surface area contributed by atoms with E-state index in [1.807, 2.05) is 0 Å². The molecule has 26 heavy (non-hydrogen) atoms. The van der Waals surface area contributed by atoms with Crippen LogP contribution in [-0.4, -0.2) is 27.4 Å². The summed E-state index contributed by atoms with van der Waals surface area (Å²) in [6.45, 7) is 4.36. The van der Waals surface area contributed by atoms with E-state index in [4.69, 9.17) is 11.6 Å². The maximum atomic E-state index is 13.1. The lowest BCUT2D eigenvalue weighted by molar-refractivity contribution is -0.119. The smallest absolute Gasteiger partial charge is 0.264 e. The Bertz CT molecular complexity index is 822. The molecule has 0 aliphatic carbocycles. The Hall–Kier alpha value is -2.05. The number of carbonyl (C=O) groups is 1. The van der Waals surface area contributed by atoms with Crippen molar-refractivity contribution < 1.29 is 13.2 Å². The van der Waals surface area contributed by atoms with Gasteiger partial charge >= 0.3 is 0 Å². The second-order valence-corrected chi connectivity index (χ2v) is 8.63. The number of sulfonamides is 1. The maximum Gasteiger partial charge on any atom is 0.264 e. The van der Waals surface area contributed by atoms with Crippen molar-refractivity contribution in [3.63, 3.8) is 0 Å². The minimum absolute atomic E-state index is 0.0840. The van der Waals surface area contributed by atoms with Crippen LogP contribution in [0.2, 0.25) is 5.02 Å². The molecule has 1 N–H and O–H groups in total. The summed E-state index contributed by atoms with van der Waals surface area (Å²) < 4.78 is 27.2. The van der Waals surface area contributed by atoms with Gasteiger partial charge in [0.25, 0.3) is 10.0 Å². The Morgan fingerprint density at radius 3 is 2.27 bits per heavy atom. The third-order valence-corrected chi connectivity index (χ3v) is 5.82. The number of carbonyl (C=O) groups excluding carboxylic acids is 1. The molecule has 0 unspecified atom stereocenters. The summed E-state index contributed by atoms with van der Waals surface area (Å²) in [7, 11) is -3.89. The summed E-state index contributed by atoms with van der Waals surface area (Å²) in [5.74, 6) is 0.116. The van der Waals surface area contributed by atoms with Crippen LogP contribution in [0.3, 0.4) is 0 Å². The fraction of sp³-hybridized carbons (Fsp3) is 0.316. The quantitative estimate of drug-likeness (QED) is 0.742. The second-order valence-electron chi connectivity index (χ2n) is 6.33. The van der Waals surface area contributed by atoms with Gasteiger partial charge in [-0.2, -0.15) is 0 Å². The highest BCUT2D eigenvalue weighted by Crippen LogP contribution is 2.24. The summed E-state index contributed by atoms with van der Waals surface area (Å²) in [5, 5.41) is 3.23. The first kappa shape index (κ1) is 20.3. The van der Waals surface area contributed by atoms with Gasteiger partial charge in [-0.15, -0.1) is 0 Å². The molecule has 2 aromatic carbocycles. The van der Waals surface area contributed by atoms with Crippen molar-refractivity contribution in [1.29, 1.82) is 0 Å². The van der Waals surface area contributed by atoms with Crippen LogP contribution in [0.15, 0.2) is 59.5 Å². The summed E-state index contributed by atoms with van der Waals surface area (Å²) in [6, 6.07) is 14.5. The normalized spacial score (nSPS) is 11.4. The number of anilines is 1. The highest BCUT2D eigenvalue weighted by molar-refractivity contribution is 7.92. The van der Waals surface area contributed by atoms with Crippen molar-refractivity contribution in [2.45, 2.75) is 25.2 Å². The fourth-order valence-electron chi connectivity index (χ4n) is 2.33. The average molecular weight is 395 g/mol. The van der Waals surface area contributed by atoms with E-state index in [1.54, 1.807) is 30.3 Å². The van der Waals surface area contributed by atoms with Crippen molar-refractivity contribution >= 4 is 33.2 Å². The molecule has 140 valence electrons. The first-order valence-electron chi connectivity index (χ1n) is 8.41. The van der Waals surface area contributed by atoms with Crippen LogP contribution in [-0.2, 0) is 14.8 Å². The molecule has 0 radical (unpaired) electrons. The molecule has 0 atom stereocenters.